The van der Waals surface area contributed by atoms with Crippen LogP contribution in [0.2, 0.25) is 0 Å². The fourth-order valence-corrected chi connectivity index (χ4v) is 1.40. The fourth-order valence-electron chi connectivity index (χ4n) is 1.40. The van der Waals surface area contributed by atoms with Gasteiger partial charge in [0.15, 0.2) is 0 Å². The maximum Gasteiger partial charge on any atom is 0.416 e. The van der Waals surface area contributed by atoms with Gasteiger partial charge in [-0.3, -0.25) is 0 Å². The summed E-state index contributed by atoms with van der Waals surface area (Å²) in [6.45, 7) is 3.18. The molecule has 8 heteroatoms. The SMILES string of the molecule is C=C[C@@H](N)c1cc(C(F)(F)F)ccc1C(F)(F)F.Cl. The summed E-state index contributed by atoms with van der Waals surface area (Å²) in [5.41, 5.74) is 2.30. The molecule has 108 valence electrons. The maximum atomic E-state index is 12.6. The van der Waals surface area contributed by atoms with Gasteiger partial charge in [0.05, 0.1) is 11.1 Å². The normalized spacial score (nSPS) is 13.6. The van der Waals surface area contributed by atoms with Crippen LogP contribution in [0.25, 0.3) is 0 Å². The molecule has 0 unspecified atom stereocenters. The molecule has 0 radical (unpaired) electrons. The predicted octanol–water partition coefficient (Wildman–Crippen LogP) is 4.33. The Kier molecular flexibility index (Phi) is 5.46. The van der Waals surface area contributed by atoms with Crippen molar-refractivity contribution in [1.29, 1.82) is 0 Å². The second-order valence-electron chi connectivity index (χ2n) is 3.56. The standard InChI is InChI=1S/C11H9F6N.ClH/c1-2-9(18)7-5-6(10(12,13)14)3-4-8(7)11(15,16)17;/h2-5,9H,1,18H2;1H/t9-;/m1./s1. The quantitative estimate of drug-likeness (QED) is 0.638. The zero-order chi connectivity index (χ0) is 14.1. The first kappa shape index (κ1) is 17.8. The molecule has 1 rings (SSSR count). The van der Waals surface area contributed by atoms with Crippen molar-refractivity contribution in [2.24, 2.45) is 5.73 Å². The molecule has 0 aliphatic carbocycles. The van der Waals surface area contributed by atoms with E-state index >= 15 is 0 Å². The summed E-state index contributed by atoms with van der Waals surface area (Å²) in [5, 5.41) is 0. The Labute approximate surface area is 111 Å². The molecule has 2 N–H and O–H groups in total. The highest BCUT2D eigenvalue weighted by atomic mass is 35.5. The van der Waals surface area contributed by atoms with E-state index in [0.29, 0.717) is 18.2 Å². The summed E-state index contributed by atoms with van der Waals surface area (Å²) in [4.78, 5) is 0. The minimum atomic E-state index is -4.76. The summed E-state index contributed by atoms with van der Waals surface area (Å²) in [7, 11) is 0. The molecule has 1 aromatic carbocycles. The summed E-state index contributed by atoms with van der Waals surface area (Å²) in [5.74, 6) is 0. The third kappa shape index (κ3) is 4.14. The minimum absolute atomic E-state index is 0. The lowest BCUT2D eigenvalue weighted by atomic mass is 9.97. The van der Waals surface area contributed by atoms with Crippen molar-refractivity contribution >= 4 is 12.4 Å². The van der Waals surface area contributed by atoms with Crippen molar-refractivity contribution in [3.63, 3.8) is 0 Å². The molecule has 1 nitrogen and oxygen atoms in total. The molecule has 0 spiro atoms. The maximum absolute atomic E-state index is 12.6. The number of hydrogen-bond acceptors (Lipinski definition) is 1. The lowest BCUT2D eigenvalue weighted by molar-refractivity contribution is -0.141. The highest BCUT2D eigenvalue weighted by Gasteiger charge is 2.37. The average molecular weight is 306 g/mol. The Morgan fingerprint density at radius 3 is 1.95 bits per heavy atom. The summed E-state index contributed by atoms with van der Waals surface area (Å²) in [6, 6.07) is -0.164. The van der Waals surface area contributed by atoms with Crippen LogP contribution in [0.15, 0.2) is 30.9 Å². The number of halogens is 7. The molecule has 0 aromatic heterocycles. The second kappa shape index (κ2) is 5.83. The van der Waals surface area contributed by atoms with Gasteiger partial charge in [-0.1, -0.05) is 6.08 Å². The van der Waals surface area contributed by atoms with Crippen molar-refractivity contribution in [3.05, 3.63) is 47.5 Å². The van der Waals surface area contributed by atoms with Gasteiger partial charge >= 0.3 is 12.4 Å². The molecule has 0 heterocycles. The van der Waals surface area contributed by atoms with Gasteiger partial charge in [-0.25, -0.2) is 0 Å². The number of rotatable bonds is 2. The van der Waals surface area contributed by atoms with E-state index in [1.165, 1.54) is 0 Å². The van der Waals surface area contributed by atoms with Crippen LogP contribution in [-0.4, -0.2) is 0 Å². The molecule has 19 heavy (non-hydrogen) atoms. The van der Waals surface area contributed by atoms with Gasteiger partial charge in [-0.15, -0.1) is 19.0 Å². The van der Waals surface area contributed by atoms with Gasteiger partial charge in [0, 0.05) is 6.04 Å². The smallest absolute Gasteiger partial charge is 0.321 e. The largest absolute Gasteiger partial charge is 0.416 e. The van der Waals surface area contributed by atoms with E-state index in [1.807, 2.05) is 0 Å². The zero-order valence-corrected chi connectivity index (χ0v) is 10.2. The monoisotopic (exact) mass is 305 g/mol. The fraction of sp³-hybridized carbons (Fsp3) is 0.273. The molecule has 0 fully saturated rings. The van der Waals surface area contributed by atoms with Gasteiger partial charge in [0.2, 0.25) is 0 Å². The molecule has 0 amide bonds. The van der Waals surface area contributed by atoms with Crippen molar-refractivity contribution < 1.29 is 26.3 Å². The molecule has 0 saturated heterocycles. The summed E-state index contributed by atoms with van der Waals surface area (Å²) >= 11 is 0. The molecular weight excluding hydrogens is 296 g/mol. The first-order chi connectivity index (χ1) is 8.07. The van der Waals surface area contributed by atoms with Gasteiger partial charge in [0.1, 0.15) is 0 Å². The highest BCUT2D eigenvalue weighted by Crippen LogP contribution is 2.38. The highest BCUT2D eigenvalue weighted by molar-refractivity contribution is 5.85. The number of hydrogen-bond donors (Lipinski definition) is 1. The van der Waals surface area contributed by atoms with Gasteiger partial charge in [-0.2, -0.15) is 26.3 Å². The lowest BCUT2D eigenvalue weighted by Gasteiger charge is -2.18. The number of benzene rings is 1. The number of nitrogens with two attached hydrogens (primary N) is 1. The van der Waals surface area contributed by atoms with E-state index in [0.717, 1.165) is 6.08 Å². The number of alkyl halides is 6. The van der Waals surface area contributed by atoms with Crippen molar-refractivity contribution in [1.82, 2.24) is 0 Å². The van der Waals surface area contributed by atoms with Gasteiger partial charge < -0.3 is 5.73 Å². The average Bonchev–Trinajstić information content (AvgIpc) is 2.24. The van der Waals surface area contributed by atoms with Crippen LogP contribution in [-0.2, 0) is 12.4 Å². The van der Waals surface area contributed by atoms with Crippen LogP contribution < -0.4 is 5.73 Å². The predicted molar refractivity (Wildman–Crippen MR) is 60.8 cm³/mol. The van der Waals surface area contributed by atoms with Gasteiger partial charge in [0.25, 0.3) is 0 Å². The van der Waals surface area contributed by atoms with E-state index in [2.05, 4.69) is 6.58 Å². The van der Waals surface area contributed by atoms with Crippen LogP contribution in [0, 0.1) is 0 Å². The van der Waals surface area contributed by atoms with Crippen LogP contribution in [0.3, 0.4) is 0 Å². The van der Waals surface area contributed by atoms with E-state index in [4.69, 9.17) is 5.73 Å². The molecular formula is C11H10ClF6N. The van der Waals surface area contributed by atoms with Crippen LogP contribution in [0.1, 0.15) is 22.7 Å². The molecule has 0 saturated carbocycles. The Morgan fingerprint density at radius 2 is 1.58 bits per heavy atom. The Hall–Kier alpha value is -1.21. The topological polar surface area (TPSA) is 26.0 Å². The first-order valence-electron chi connectivity index (χ1n) is 4.74. The van der Waals surface area contributed by atoms with Gasteiger partial charge in [-0.05, 0) is 23.8 Å². The minimum Gasteiger partial charge on any atom is -0.321 e. The van der Waals surface area contributed by atoms with E-state index in [1.54, 1.807) is 0 Å². The Balaban J connectivity index is 0.00000324. The Morgan fingerprint density at radius 1 is 1.05 bits per heavy atom. The molecule has 0 bridgehead atoms. The molecule has 1 atom stereocenters. The lowest BCUT2D eigenvalue weighted by Crippen LogP contribution is -2.18. The third-order valence-corrected chi connectivity index (χ3v) is 2.30. The summed E-state index contributed by atoms with van der Waals surface area (Å²) in [6.07, 6.45) is -8.54. The zero-order valence-electron chi connectivity index (χ0n) is 9.35. The van der Waals surface area contributed by atoms with Crippen molar-refractivity contribution in [3.8, 4) is 0 Å². The van der Waals surface area contributed by atoms with Crippen LogP contribution >= 0.6 is 12.4 Å². The second-order valence-corrected chi connectivity index (χ2v) is 3.56. The van der Waals surface area contributed by atoms with Crippen molar-refractivity contribution in [2.75, 3.05) is 0 Å². The third-order valence-electron chi connectivity index (χ3n) is 2.30. The molecule has 1 aromatic rings. The Bertz CT molecular complexity index is 451. The molecule has 0 aliphatic heterocycles. The first-order valence-corrected chi connectivity index (χ1v) is 4.74. The molecule has 0 aliphatic rings. The summed E-state index contributed by atoms with van der Waals surface area (Å²) < 4.78 is 75.1. The van der Waals surface area contributed by atoms with Crippen LogP contribution in [0.5, 0.6) is 0 Å². The van der Waals surface area contributed by atoms with E-state index in [-0.39, 0.29) is 12.4 Å². The van der Waals surface area contributed by atoms with E-state index < -0.39 is 35.1 Å². The van der Waals surface area contributed by atoms with Crippen molar-refractivity contribution in [2.45, 2.75) is 18.4 Å². The van der Waals surface area contributed by atoms with E-state index in [9.17, 15) is 26.3 Å². The van der Waals surface area contributed by atoms with Crippen LogP contribution in [0.4, 0.5) is 26.3 Å².